The fourth-order valence-electron chi connectivity index (χ4n) is 2.95. The van der Waals surface area contributed by atoms with E-state index >= 15 is 0 Å². The lowest BCUT2D eigenvalue weighted by atomic mass is 9.99. The van der Waals surface area contributed by atoms with Gasteiger partial charge >= 0.3 is 0 Å². The number of halogens is 1. The number of tetrazole rings is 1. The molecule has 1 aliphatic rings. The molecule has 3 rings (SSSR count). The van der Waals surface area contributed by atoms with Crippen molar-refractivity contribution in [2.24, 2.45) is 0 Å². The number of nitrogens with zero attached hydrogens (tertiary/aromatic N) is 5. The van der Waals surface area contributed by atoms with Crippen molar-refractivity contribution in [1.29, 1.82) is 0 Å². The Morgan fingerprint density at radius 1 is 1.21 bits per heavy atom. The highest BCUT2D eigenvalue weighted by atomic mass is 35.5. The van der Waals surface area contributed by atoms with Crippen molar-refractivity contribution < 1.29 is 4.74 Å². The quantitative estimate of drug-likeness (QED) is 0.830. The van der Waals surface area contributed by atoms with Crippen LogP contribution in [0.25, 0.3) is 0 Å². The van der Waals surface area contributed by atoms with Gasteiger partial charge in [0.15, 0.2) is 5.82 Å². The Kier molecular flexibility index (Phi) is 5.18. The number of hydrogen-bond donors (Lipinski definition) is 0. The van der Waals surface area contributed by atoms with Gasteiger partial charge in [-0.2, -0.15) is 0 Å². The van der Waals surface area contributed by atoms with Crippen molar-refractivity contribution in [3.8, 4) is 0 Å². The van der Waals surface area contributed by atoms with Crippen molar-refractivity contribution in [3.63, 3.8) is 0 Å². The zero-order valence-corrected chi connectivity index (χ0v) is 15.2. The van der Waals surface area contributed by atoms with E-state index in [4.69, 9.17) is 16.3 Å². The molecule has 0 aliphatic carbocycles. The van der Waals surface area contributed by atoms with Crippen molar-refractivity contribution in [2.75, 3.05) is 26.3 Å². The van der Waals surface area contributed by atoms with Gasteiger partial charge in [-0.1, -0.05) is 30.7 Å². The van der Waals surface area contributed by atoms with Gasteiger partial charge in [-0.15, -0.1) is 5.10 Å². The molecular formula is C17H24ClN5O. The Labute approximate surface area is 147 Å². The summed E-state index contributed by atoms with van der Waals surface area (Å²) in [5.41, 5.74) is 1.000. The maximum Gasteiger partial charge on any atom is 0.173 e. The van der Waals surface area contributed by atoms with E-state index in [1.165, 1.54) is 0 Å². The highest BCUT2D eigenvalue weighted by Crippen LogP contribution is 2.31. The van der Waals surface area contributed by atoms with Crippen molar-refractivity contribution in [2.45, 2.75) is 38.8 Å². The molecule has 0 saturated carbocycles. The van der Waals surface area contributed by atoms with E-state index in [1.807, 2.05) is 16.8 Å². The Balaban J connectivity index is 2.05. The standard InChI is InChI=1S/C17H24ClN5O/c1-4-17(2,3)23-16(19-20-21-23)15(22-9-11-24-12-10-22)13-5-7-14(18)8-6-13/h5-8,15H,4,9-12H2,1-3H3/t15-/m0/s1. The van der Waals surface area contributed by atoms with E-state index < -0.39 is 0 Å². The highest BCUT2D eigenvalue weighted by molar-refractivity contribution is 6.30. The van der Waals surface area contributed by atoms with E-state index in [0.717, 1.165) is 49.1 Å². The summed E-state index contributed by atoms with van der Waals surface area (Å²) >= 11 is 6.07. The van der Waals surface area contributed by atoms with E-state index in [1.54, 1.807) is 0 Å². The lowest BCUT2D eigenvalue weighted by Crippen LogP contribution is -2.42. The van der Waals surface area contributed by atoms with Crippen LogP contribution in [0.4, 0.5) is 0 Å². The van der Waals surface area contributed by atoms with E-state index in [2.05, 4.69) is 53.3 Å². The second-order valence-corrected chi connectivity index (χ2v) is 7.15. The molecule has 6 nitrogen and oxygen atoms in total. The Hall–Kier alpha value is -1.50. The summed E-state index contributed by atoms with van der Waals surface area (Å²) < 4.78 is 7.48. The summed E-state index contributed by atoms with van der Waals surface area (Å²) in [6.45, 7) is 9.62. The molecule has 0 radical (unpaired) electrons. The van der Waals surface area contributed by atoms with Crippen LogP contribution in [0.1, 0.15) is 44.6 Å². The molecular weight excluding hydrogens is 326 g/mol. The monoisotopic (exact) mass is 349 g/mol. The van der Waals surface area contributed by atoms with E-state index in [9.17, 15) is 0 Å². The zero-order valence-electron chi connectivity index (χ0n) is 14.4. The fourth-order valence-corrected chi connectivity index (χ4v) is 3.08. The maximum atomic E-state index is 6.07. The summed E-state index contributed by atoms with van der Waals surface area (Å²) in [4.78, 5) is 2.38. The lowest BCUT2D eigenvalue weighted by Gasteiger charge is -2.35. The predicted octanol–water partition coefficient (Wildman–Crippen LogP) is 2.89. The zero-order chi connectivity index (χ0) is 17.2. The van der Waals surface area contributed by atoms with E-state index in [-0.39, 0.29) is 11.6 Å². The molecule has 0 unspecified atom stereocenters. The second kappa shape index (κ2) is 7.17. The van der Waals surface area contributed by atoms with Crippen LogP contribution in [0.15, 0.2) is 24.3 Å². The van der Waals surface area contributed by atoms with Gasteiger partial charge in [0.2, 0.25) is 0 Å². The molecule has 0 bridgehead atoms. The second-order valence-electron chi connectivity index (χ2n) is 6.72. The number of ether oxygens (including phenoxy) is 1. The molecule has 0 N–H and O–H groups in total. The van der Waals surface area contributed by atoms with Crippen LogP contribution in [0.5, 0.6) is 0 Å². The molecule has 1 fully saturated rings. The van der Waals surface area contributed by atoms with Gasteiger partial charge in [-0.3, -0.25) is 4.90 Å². The van der Waals surface area contributed by atoms with Crippen LogP contribution < -0.4 is 0 Å². The summed E-state index contributed by atoms with van der Waals surface area (Å²) in [5, 5.41) is 13.4. The number of rotatable bonds is 5. The number of morpholine rings is 1. The van der Waals surface area contributed by atoms with Crippen LogP contribution in [0.3, 0.4) is 0 Å². The van der Waals surface area contributed by atoms with Gasteiger partial charge in [-0.25, -0.2) is 4.68 Å². The van der Waals surface area contributed by atoms with Gasteiger partial charge < -0.3 is 4.74 Å². The van der Waals surface area contributed by atoms with Crippen molar-refractivity contribution in [1.82, 2.24) is 25.1 Å². The van der Waals surface area contributed by atoms with Crippen LogP contribution in [-0.4, -0.2) is 51.4 Å². The third-order valence-corrected chi connectivity index (χ3v) is 5.03. The third-order valence-electron chi connectivity index (χ3n) is 4.77. The normalized spacial score (nSPS) is 17.8. The first-order chi connectivity index (χ1) is 11.5. The number of aromatic nitrogens is 4. The van der Waals surface area contributed by atoms with Crippen molar-refractivity contribution >= 4 is 11.6 Å². The minimum Gasteiger partial charge on any atom is -0.379 e. The number of benzene rings is 1. The fraction of sp³-hybridized carbons (Fsp3) is 0.588. The maximum absolute atomic E-state index is 6.07. The first-order valence-electron chi connectivity index (χ1n) is 8.39. The molecule has 1 aliphatic heterocycles. The first-order valence-corrected chi connectivity index (χ1v) is 8.77. The molecule has 7 heteroatoms. The van der Waals surface area contributed by atoms with Crippen LogP contribution in [0, 0.1) is 0 Å². The molecule has 1 aromatic heterocycles. The highest BCUT2D eigenvalue weighted by Gasteiger charge is 2.33. The largest absolute Gasteiger partial charge is 0.379 e. The summed E-state index contributed by atoms with van der Waals surface area (Å²) in [5.74, 6) is 0.867. The minimum absolute atomic E-state index is 0.00742. The molecule has 1 aromatic carbocycles. The smallest absolute Gasteiger partial charge is 0.173 e. The molecule has 1 saturated heterocycles. The first kappa shape index (κ1) is 17.3. The molecule has 2 aromatic rings. The molecule has 24 heavy (non-hydrogen) atoms. The lowest BCUT2D eigenvalue weighted by molar-refractivity contribution is 0.0206. The van der Waals surface area contributed by atoms with E-state index in [0.29, 0.717) is 0 Å². The number of hydrogen-bond acceptors (Lipinski definition) is 5. The molecule has 1 atom stereocenters. The third kappa shape index (κ3) is 3.45. The Morgan fingerprint density at radius 3 is 2.50 bits per heavy atom. The molecule has 0 amide bonds. The van der Waals surface area contributed by atoms with Gasteiger partial charge in [0, 0.05) is 18.1 Å². The van der Waals surface area contributed by atoms with Crippen molar-refractivity contribution in [3.05, 3.63) is 40.7 Å². The van der Waals surface area contributed by atoms with Crippen LogP contribution in [-0.2, 0) is 10.3 Å². The van der Waals surface area contributed by atoms with Gasteiger partial charge in [0.05, 0.1) is 24.8 Å². The average molecular weight is 350 g/mol. The SMILES string of the molecule is CCC(C)(C)n1nnnc1[C@H](c1ccc(Cl)cc1)N1CCOCC1. The summed E-state index contributed by atoms with van der Waals surface area (Å²) in [7, 11) is 0. The van der Waals surface area contributed by atoms with Gasteiger partial charge in [0.25, 0.3) is 0 Å². The van der Waals surface area contributed by atoms with Crippen LogP contribution in [0.2, 0.25) is 5.02 Å². The topological polar surface area (TPSA) is 56.1 Å². The molecule has 130 valence electrons. The van der Waals surface area contributed by atoms with Gasteiger partial charge in [0.1, 0.15) is 0 Å². The van der Waals surface area contributed by atoms with Crippen LogP contribution >= 0.6 is 11.6 Å². The average Bonchev–Trinajstić information content (AvgIpc) is 3.08. The molecule has 0 spiro atoms. The minimum atomic E-state index is -0.143. The Bertz CT molecular complexity index is 664. The predicted molar refractivity (Wildman–Crippen MR) is 93.1 cm³/mol. The Morgan fingerprint density at radius 2 is 1.88 bits per heavy atom. The summed E-state index contributed by atoms with van der Waals surface area (Å²) in [6, 6.07) is 7.94. The summed E-state index contributed by atoms with van der Waals surface area (Å²) in [6.07, 6.45) is 0.946. The molecule has 2 heterocycles. The van der Waals surface area contributed by atoms with Gasteiger partial charge in [-0.05, 0) is 48.4 Å².